The largest absolute Gasteiger partial charge is 0.351 e. The Kier molecular flexibility index (Phi) is 6.68. The van der Waals surface area contributed by atoms with Gasteiger partial charge in [-0.15, -0.1) is 23.5 Å². The van der Waals surface area contributed by atoms with Gasteiger partial charge in [0.1, 0.15) is 0 Å². The Hall–Kier alpha value is -0.690. The van der Waals surface area contributed by atoms with Crippen molar-refractivity contribution >= 4 is 29.4 Å². The predicted octanol–water partition coefficient (Wildman–Crippen LogP) is 2.19. The molecule has 6 heteroatoms. The van der Waals surface area contributed by atoms with Crippen molar-refractivity contribution in [2.75, 3.05) is 50.8 Å². The van der Waals surface area contributed by atoms with Gasteiger partial charge in [0.15, 0.2) is 0 Å². The molecule has 2 saturated heterocycles. The van der Waals surface area contributed by atoms with Gasteiger partial charge in [0.2, 0.25) is 0 Å². The molecule has 0 unspecified atom stereocenters. The summed E-state index contributed by atoms with van der Waals surface area (Å²) >= 11 is 4.02. The van der Waals surface area contributed by atoms with E-state index in [0.717, 1.165) is 44.8 Å². The van der Waals surface area contributed by atoms with E-state index in [9.17, 15) is 4.79 Å². The highest BCUT2D eigenvalue weighted by atomic mass is 32.2. The Morgan fingerprint density at radius 3 is 2.57 bits per heavy atom. The number of thioether (sulfide) groups is 2. The van der Waals surface area contributed by atoms with Crippen molar-refractivity contribution in [3.05, 3.63) is 35.4 Å². The number of piperazine rings is 1. The van der Waals surface area contributed by atoms with Crippen LogP contribution in [0.15, 0.2) is 24.3 Å². The average molecular weight is 352 g/mol. The maximum absolute atomic E-state index is 12.2. The molecule has 2 aliphatic rings. The number of amides is 1. The topological polar surface area (TPSA) is 44.4 Å². The number of carbonyl (C=O) groups is 1. The molecule has 0 atom stereocenters. The average Bonchev–Trinajstić information content (AvgIpc) is 2.63. The molecule has 2 aliphatic heterocycles. The summed E-state index contributed by atoms with van der Waals surface area (Å²) < 4.78 is 0.536. The highest BCUT2D eigenvalue weighted by Crippen LogP contribution is 2.43. The SMILES string of the molecule is O=C(NCCN1CCNCC1)c1ccc(C2SCCCS2)cc1. The predicted molar refractivity (Wildman–Crippen MR) is 100 cm³/mol. The second-order valence-corrected chi connectivity index (χ2v) is 8.62. The first-order valence-corrected chi connectivity index (χ1v) is 10.5. The maximum atomic E-state index is 12.2. The van der Waals surface area contributed by atoms with Crippen molar-refractivity contribution < 1.29 is 4.79 Å². The minimum atomic E-state index is 0.0376. The molecule has 0 radical (unpaired) electrons. The van der Waals surface area contributed by atoms with Gasteiger partial charge in [0.05, 0.1) is 4.58 Å². The monoisotopic (exact) mass is 351 g/mol. The molecule has 1 aromatic rings. The lowest BCUT2D eigenvalue weighted by Crippen LogP contribution is -2.46. The van der Waals surface area contributed by atoms with E-state index in [4.69, 9.17) is 0 Å². The second-order valence-electron chi connectivity index (χ2n) is 5.90. The Morgan fingerprint density at radius 1 is 1.17 bits per heavy atom. The molecule has 1 amide bonds. The molecule has 0 spiro atoms. The smallest absolute Gasteiger partial charge is 0.251 e. The van der Waals surface area contributed by atoms with Crippen molar-refractivity contribution in [3.63, 3.8) is 0 Å². The van der Waals surface area contributed by atoms with Crippen LogP contribution in [0.2, 0.25) is 0 Å². The van der Waals surface area contributed by atoms with E-state index in [0.29, 0.717) is 4.58 Å². The van der Waals surface area contributed by atoms with Gasteiger partial charge < -0.3 is 10.6 Å². The van der Waals surface area contributed by atoms with Gasteiger partial charge in [0, 0.05) is 44.8 Å². The Morgan fingerprint density at radius 2 is 1.87 bits per heavy atom. The normalized spacial score (nSPS) is 20.3. The van der Waals surface area contributed by atoms with Crippen molar-refractivity contribution in [2.24, 2.45) is 0 Å². The molecule has 2 fully saturated rings. The number of hydrogen-bond acceptors (Lipinski definition) is 5. The van der Waals surface area contributed by atoms with Gasteiger partial charge in [-0.2, -0.15) is 0 Å². The minimum Gasteiger partial charge on any atom is -0.351 e. The van der Waals surface area contributed by atoms with Crippen LogP contribution in [-0.2, 0) is 0 Å². The summed E-state index contributed by atoms with van der Waals surface area (Å²) in [6.07, 6.45) is 1.30. The first-order chi connectivity index (χ1) is 11.3. The number of carbonyl (C=O) groups excluding carboxylic acids is 1. The number of nitrogens with one attached hydrogen (secondary N) is 2. The molecule has 2 N–H and O–H groups in total. The van der Waals surface area contributed by atoms with Crippen LogP contribution in [0.25, 0.3) is 0 Å². The maximum Gasteiger partial charge on any atom is 0.251 e. The fourth-order valence-corrected chi connectivity index (χ4v) is 5.73. The summed E-state index contributed by atoms with van der Waals surface area (Å²) in [6, 6.07) is 8.15. The van der Waals surface area contributed by atoms with Gasteiger partial charge in [-0.1, -0.05) is 12.1 Å². The van der Waals surface area contributed by atoms with E-state index in [-0.39, 0.29) is 5.91 Å². The third-order valence-corrected chi connectivity index (χ3v) is 7.21. The lowest BCUT2D eigenvalue weighted by molar-refractivity contribution is 0.0947. The molecule has 23 heavy (non-hydrogen) atoms. The van der Waals surface area contributed by atoms with E-state index in [2.05, 4.69) is 27.7 Å². The van der Waals surface area contributed by atoms with Crippen molar-refractivity contribution in [1.29, 1.82) is 0 Å². The lowest BCUT2D eigenvalue weighted by Gasteiger charge is -2.27. The lowest BCUT2D eigenvalue weighted by atomic mass is 10.1. The summed E-state index contributed by atoms with van der Waals surface area (Å²) in [5.74, 6) is 2.52. The second kappa shape index (κ2) is 8.97. The molecule has 0 aliphatic carbocycles. The van der Waals surface area contributed by atoms with Crippen LogP contribution < -0.4 is 10.6 Å². The van der Waals surface area contributed by atoms with Crippen molar-refractivity contribution in [3.8, 4) is 0 Å². The van der Waals surface area contributed by atoms with Crippen LogP contribution in [0.5, 0.6) is 0 Å². The van der Waals surface area contributed by atoms with Crippen LogP contribution in [0.4, 0.5) is 0 Å². The molecule has 1 aromatic carbocycles. The summed E-state index contributed by atoms with van der Waals surface area (Å²) in [5.41, 5.74) is 2.09. The van der Waals surface area contributed by atoms with Gasteiger partial charge in [-0.25, -0.2) is 0 Å². The van der Waals surface area contributed by atoms with Gasteiger partial charge in [-0.05, 0) is 35.6 Å². The van der Waals surface area contributed by atoms with Crippen LogP contribution in [-0.4, -0.2) is 61.6 Å². The third kappa shape index (κ3) is 5.14. The highest BCUT2D eigenvalue weighted by molar-refractivity contribution is 8.16. The quantitative estimate of drug-likeness (QED) is 0.851. The zero-order chi connectivity index (χ0) is 15.9. The standard InChI is InChI=1S/C17H25N3OS2/c21-16(19-8-11-20-9-6-18-7-10-20)14-2-4-15(5-3-14)17-22-12-1-13-23-17/h2-5,17-18H,1,6-13H2,(H,19,21). The van der Waals surface area contributed by atoms with Crippen LogP contribution in [0, 0.1) is 0 Å². The first-order valence-electron chi connectivity index (χ1n) is 8.37. The van der Waals surface area contributed by atoms with Crippen molar-refractivity contribution in [2.45, 2.75) is 11.0 Å². The van der Waals surface area contributed by atoms with Crippen molar-refractivity contribution in [1.82, 2.24) is 15.5 Å². The molecule has 3 rings (SSSR count). The van der Waals surface area contributed by atoms with Gasteiger partial charge in [0.25, 0.3) is 5.91 Å². The number of benzene rings is 1. The number of rotatable bonds is 5. The van der Waals surface area contributed by atoms with Crippen LogP contribution in [0.1, 0.15) is 26.9 Å². The summed E-state index contributed by atoms with van der Waals surface area (Å²) in [5, 5.41) is 6.37. The number of hydrogen-bond donors (Lipinski definition) is 2. The molecule has 0 saturated carbocycles. The molecule has 0 bridgehead atoms. The Bertz CT molecular complexity index is 497. The van der Waals surface area contributed by atoms with E-state index >= 15 is 0 Å². The van der Waals surface area contributed by atoms with E-state index in [1.54, 1.807) is 0 Å². The van der Waals surface area contributed by atoms with E-state index < -0.39 is 0 Å². The van der Waals surface area contributed by atoms with Gasteiger partial charge in [-0.3, -0.25) is 9.69 Å². The minimum absolute atomic E-state index is 0.0376. The molecular weight excluding hydrogens is 326 g/mol. The fourth-order valence-electron chi connectivity index (χ4n) is 2.84. The fraction of sp³-hybridized carbons (Fsp3) is 0.588. The Labute approximate surface area is 147 Å². The van der Waals surface area contributed by atoms with Crippen LogP contribution >= 0.6 is 23.5 Å². The molecule has 0 aromatic heterocycles. The Balaban J connectivity index is 1.45. The summed E-state index contributed by atoms with van der Waals surface area (Å²) in [7, 11) is 0. The molecule has 4 nitrogen and oxygen atoms in total. The number of nitrogens with zero attached hydrogens (tertiary/aromatic N) is 1. The van der Waals surface area contributed by atoms with E-state index in [1.807, 2.05) is 35.7 Å². The zero-order valence-electron chi connectivity index (χ0n) is 13.4. The molecule has 2 heterocycles. The third-order valence-electron chi connectivity index (χ3n) is 4.20. The van der Waals surface area contributed by atoms with Gasteiger partial charge >= 0.3 is 0 Å². The summed E-state index contributed by atoms with van der Waals surface area (Å²) in [4.78, 5) is 14.6. The zero-order valence-corrected chi connectivity index (χ0v) is 15.1. The van der Waals surface area contributed by atoms with Crippen LogP contribution in [0.3, 0.4) is 0 Å². The highest BCUT2D eigenvalue weighted by Gasteiger charge is 2.17. The molecule has 126 valence electrons. The van der Waals surface area contributed by atoms with E-state index in [1.165, 1.54) is 23.5 Å². The first kappa shape index (κ1) is 17.1. The molecular formula is C17H25N3OS2. The summed E-state index contributed by atoms with van der Waals surface area (Å²) in [6.45, 7) is 5.89.